The highest BCUT2D eigenvalue weighted by molar-refractivity contribution is 5.87. The number of aryl methyl sites for hydroxylation is 4. The van der Waals surface area contributed by atoms with Crippen molar-refractivity contribution in [1.29, 1.82) is 0 Å². The van der Waals surface area contributed by atoms with Gasteiger partial charge in [-0.3, -0.25) is 4.98 Å². The van der Waals surface area contributed by atoms with E-state index in [0.29, 0.717) is 5.92 Å². The molecule has 1 aliphatic carbocycles. The quantitative estimate of drug-likeness (QED) is 0.593. The number of benzene rings is 1. The van der Waals surface area contributed by atoms with Gasteiger partial charge in [-0.05, 0) is 74.3 Å². The minimum atomic E-state index is 0. The van der Waals surface area contributed by atoms with Crippen molar-refractivity contribution in [1.82, 2.24) is 14.5 Å². The van der Waals surface area contributed by atoms with Gasteiger partial charge in [-0.15, -0.1) is 12.4 Å². The Hall–Kier alpha value is -1.84. The Bertz CT molecular complexity index is 1040. The summed E-state index contributed by atoms with van der Waals surface area (Å²) in [6.45, 7) is 9.24. The van der Waals surface area contributed by atoms with Gasteiger partial charge in [0.25, 0.3) is 0 Å². The normalized spacial score (nSPS) is 27.0. The van der Waals surface area contributed by atoms with Gasteiger partial charge in [0, 0.05) is 60.6 Å². The molecule has 0 saturated carbocycles. The maximum atomic E-state index is 4.51. The van der Waals surface area contributed by atoms with Crippen molar-refractivity contribution >= 4 is 23.3 Å². The first kappa shape index (κ1) is 19.1. The smallest absolute Gasteiger partial charge is 0.0485 e. The third kappa shape index (κ3) is 3.10. The summed E-state index contributed by atoms with van der Waals surface area (Å²) in [7, 11) is 0. The lowest BCUT2D eigenvalue weighted by molar-refractivity contribution is 0.103. The number of piperidine rings is 2. The van der Waals surface area contributed by atoms with Crippen molar-refractivity contribution < 1.29 is 0 Å². The second-order valence-electron chi connectivity index (χ2n) is 9.48. The fourth-order valence-electron chi connectivity index (χ4n) is 6.33. The standard InChI is InChI=1S/C25H29N3.ClH/c1-16-3-6-23-22(9-16)24-20-10-19-11-21(15-27(13-19)14-20)25(24)28(23)8-7-18-5-4-17(2)26-12-18;/h3-6,9,12,19-21H,7-8,10-11,13-15H2,1-2H3;1H. The molecule has 0 amide bonds. The van der Waals surface area contributed by atoms with Crippen molar-refractivity contribution in [3.05, 3.63) is 64.6 Å². The predicted octanol–water partition coefficient (Wildman–Crippen LogP) is 5.22. The van der Waals surface area contributed by atoms with Crippen LogP contribution in [0.3, 0.4) is 0 Å². The van der Waals surface area contributed by atoms with Crippen LogP contribution in [0.25, 0.3) is 10.9 Å². The van der Waals surface area contributed by atoms with Crippen LogP contribution in [0.15, 0.2) is 36.5 Å². The van der Waals surface area contributed by atoms with E-state index in [0.717, 1.165) is 30.5 Å². The molecule has 29 heavy (non-hydrogen) atoms. The number of fused-ring (bicyclic) bond motifs is 1. The highest BCUT2D eigenvalue weighted by atomic mass is 35.5. The Balaban J connectivity index is 0.00000181. The van der Waals surface area contributed by atoms with E-state index in [4.69, 9.17) is 0 Å². The fourth-order valence-corrected chi connectivity index (χ4v) is 6.33. The summed E-state index contributed by atoms with van der Waals surface area (Å²) >= 11 is 0. The third-order valence-electron chi connectivity index (χ3n) is 7.40. The summed E-state index contributed by atoms with van der Waals surface area (Å²) in [5, 5.41) is 1.54. The van der Waals surface area contributed by atoms with Crippen molar-refractivity contribution in [2.24, 2.45) is 5.92 Å². The van der Waals surface area contributed by atoms with Gasteiger partial charge in [-0.25, -0.2) is 0 Å². The molecule has 4 atom stereocenters. The summed E-state index contributed by atoms with van der Waals surface area (Å²) in [6.07, 6.45) is 5.90. The van der Waals surface area contributed by atoms with Crippen LogP contribution in [0.4, 0.5) is 0 Å². The first-order chi connectivity index (χ1) is 13.7. The van der Waals surface area contributed by atoms with Gasteiger partial charge in [0.05, 0.1) is 0 Å². The average molecular weight is 408 g/mol. The van der Waals surface area contributed by atoms with Crippen molar-refractivity contribution in [2.45, 2.75) is 51.5 Å². The van der Waals surface area contributed by atoms with E-state index in [1.807, 2.05) is 0 Å². The molecule has 3 nitrogen and oxygen atoms in total. The van der Waals surface area contributed by atoms with Crippen LogP contribution in [0.1, 0.15) is 52.8 Å². The number of halogens is 1. The molecule has 1 aromatic carbocycles. The van der Waals surface area contributed by atoms with Crippen LogP contribution in [-0.2, 0) is 13.0 Å². The lowest BCUT2D eigenvalue weighted by Crippen LogP contribution is -2.44. The van der Waals surface area contributed by atoms with Crippen LogP contribution in [0.2, 0.25) is 0 Å². The van der Waals surface area contributed by atoms with Crippen LogP contribution in [-0.4, -0.2) is 34.1 Å². The molecular formula is C25H30ClN3. The monoisotopic (exact) mass is 407 g/mol. The Kier molecular flexibility index (Phi) is 4.71. The van der Waals surface area contributed by atoms with Crippen LogP contribution >= 0.6 is 12.4 Å². The second kappa shape index (κ2) is 7.14. The van der Waals surface area contributed by atoms with E-state index in [9.17, 15) is 0 Å². The zero-order valence-electron chi connectivity index (χ0n) is 17.4. The molecule has 4 heteroatoms. The van der Waals surface area contributed by atoms with Crippen LogP contribution < -0.4 is 0 Å². The average Bonchev–Trinajstić information content (AvgIpc) is 2.89. The molecule has 0 N–H and O–H groups in total. The van der Waals surface area contributed by atoms with Gasteiger partial charge in [0.1, 0.15) is 0 Å². The number of rotatable bonds is 3. The van der Waals surface area contributed by atoms with E-state index in [2.05, 4.69) is 64.8 Å². The van der Waals surface area contributed by atoms with Crippen molar-refractivity contribution in [2.75, 3.05) is 19.6 Å². The maximum absolute atomic E-state index is 4.51. The first-order valence-corrected chi connectivity index (χ1v) is 10.9. The van der Waals surface area contributed by atoms with Gasteiger partial charge in [-0.2, -0.15) is 0 Å². The molecule has 2 saturated heterocycles. The lowest BCUT2D eigenvalue weighted by atomic mass is 9.82. The highest BCUT2D eigenvalue weighted by Crippen LogP contribution is 2.50. The predicted molar refractivity (Wildman–Crippen MR) is 121 cm³/mol. The zero-order chi connectivity index (χ0) is 18.8. The van der Waals surface area contributed by atoms with Crippen LogP contribution in [0, 0.1) is 19.8 Å². The number of aromatic nitrogens is 2. The molecule has 0 radical (unpaired) electrons. The summed E-state index contributed by atoms with van der Waals surface area (Å²) < 4.78 is 2.69. The molecule has 3 aliphatic heterocycles. The Morgan fingerprint density at radius 3 is 2.62 bits per heavy atom. The summed E-state index contributed by atoms with van der Waals surface area (Å²) in [4.78, 5) is 7.26. The summed E-state index contributed by atoms with van der Waals surface area (Å²) in [5.74, 6) is 2.34. The number of hydrogen-bond donors (Lipinski definition) is 0. The molecule has 7 rings (SSSR count). The van der Waals surface area contributed by atoms with E-state index >= 15 is 0 Å². The van der Waals surface area contributed by atoms with Gasteiger partial charge >= 0.3 is 0 Å². The minimum Gasteiger partial charge on any atom is -0.344 e. The molecule has 4 bridgehead atoms. The van der Waals surface area contributed by atoms with Gasteiger partial charge in [0.15, 0.2) is 0 Å². The summed E-state index contributed by atoms with van der Waals surface area (Å²) in [5.41, 5.74) is 8.67. The van der Waals surface area contributed by atoms with Gasteiger partial charge in [0.2, 0.25) is 0 Å². The van der Waals surface area contributed by atoms with Crippen LogP contribution in [0.5, 0.6) is 0 Å². The SMILES string of the molecule is Cc1ccc2c(c1)c1c(n2CCc2ccc(C)nc2)C2CC3CC1CN(C3)C2.Cl. The molecule has 152 valence electrons. The van der Waals surface area contributed by atoms with E-state index in [-0.39, 0.29) is 12.4 Å². The molecule has 2 fully saturated rings. The summed E-state index contributed by atoms with van der Waals surface area (Å²) in [6, 6.07) is 11.5. The largest absolute Gasteiger partial charge is 0.344 e. The molecule has 3 aromatic rings. The Labute approximate surface area is 179 Å². The van der Waals surface area contributed by atoms with Gasteiger partial charge in [-0.1, -0.05) is 17.7 Å². The third-order valence-corrected chi connectivity index (χ3v) is 7.40. The van der Waals surface area contributed by atoms with E-state index < -0.39 is 0 Å². The van der Waals surface area contributed by atoms with E-state index in [1.54, 1.807) is 11.3 Å². The number of nitrogens with zero attached hydrogens (tertiary/aromatic N) is 3. The molecule has 2 aromatic heterocycles. The highest BCUT2D eigenvalue weighted by Gasteiger charge is 2.43. The first-order valence-electron chi connectivity index (χ1n) is 10.9. The molecular weight excluding hydrogens is 378 g/mol. The Morgan fingerprint density at radius 1 is 1.00 bits per heavy atom. The van der Waals surface area contributed by atoms with Crippen molar-refractivity contribution in [3.8, 4) is 0 Å². The number of pyridine rings is 1. The zero-order valence-corrected chi connectivity index (χ0v) is 18.2. The molecule has 0 spiro atoms. The van der Waals surface area contributed by atoms with Gasteiger partial charge < -0.3 is 9.47 Å². The minimum absolute atomic E-state index is 0. The van der Waals surface area contributed by atoms with E-state index in [1.165, 1.54) is 54.5 Å². The van der Waals surface area contributed by atoms with Crippen molar-refractivity contribution in [3.63, 3.8) is 0 Å². The lowest BCUT2D eigenvalue weighted by Gasteiger charge is -2.41. The second-order valence-corrected chi connectivity index (χ2v) is 9.48. The fraction of sp³-hybridized carbons (Fsp3) is 0.480. The molecule has 5 heterocycles. The number of hydrogen-bond acceptors (Lipinski definition) is 2. The maximum Gasteiger partial charge on any atom is 0.0485 e. The topological polar surface area (TPSA) is 21.1 Å². The Morgan fingerprint density at radius 2 is 1.83 bits per heavy atom. The molecule has 4 unspecified atom stereocenters. The molecule has 4 aliphatic rings.